The van der Waals surface area contributed by atoms with E-state index in [4.69, 9.17) is 4.74 Å². The molecular formula is C18H20N4O3S. The SMILES string of the molecule is COc1ccc(C)cc1NC(=O)CSc1nc2cc(C)[nH]c2c(=O)n1C. The van der Waals surface area contributed by atoms with Crippen molar-refractivity contribution in [3.63, 3.8) is 0 Å². The molecule has 0 radical (unpaired) electrons. The van der Waals surface area contributed by atoms with Crippen LogP contribution in [0.25, 0.3) is 11.0 Å². The lowest BCUT2D eigenvalue weighted by Gasteiger charge is -2.11. The van der Waals surface area contributed by atoms with E-state index in [1.165, 1.54) is 16.3 Å². The molecule has 0 fully saturated rings. The summed E-state index contributed by atoms with van der Waals surface area (Å²) in [5.74, 6) is 0.536. The minimum atomic E-state index is -0.196. The zero-order chi connectivity index (χ0) is 18.8. The molecule has 0 saturated carbocycles. The zero-order valence-corrected chi connectivity index (χ0v) is 15.9. The molecule has 0 aliphatic rings. The first-order valence-corrected chi connectivity index (χ1v) is 9.01. The Morgan fingerprint density at radius 3 is 2.85 bits per heavy atom. The molecule has 136 valence electrons. The number of hydrogen-bond donors (Lipinski definition) is 2. The lowest BCUT2D eigenvalue weighted by molar-refractivity contribution is -0.113. The van der Waals surface area contributed by atoms with Crippen molar-refractivity contribution < 1.29 is 9.53 Å². The number of aryl methyl sites for hydroxylation is 2. The van der Waals surface area contributed by atoms with E-state index in [1.807, 2.05) is 38.1 Å². The Morgan fingerprint density at radius 2 is 2.12 bits per heavy atom. The zero-order valence-electron chi connectivity index (χ0n) is 15.0. The molecule has 2 heterocycles. The Labute approximate surface area is 154 Å². The summed E-state index contributed by atoms with van der Waals surface area (Å²) < 4.78 is 6.71. The van der Waals surface area contributed by atoms with E-state index in [2.05, 4.69) is 15.3 Å². The van der Waals surface area contributed by atoms with Crippen molar-refractivity contribution in [2.24, 2.45) is 7.05 Å². The predicted octanol–water partition coefficient (Wildman–Crippen LogP) is 2.62. The van der Waals surface area contributed by atoms with Crippen molar-refractivity contribution in [2.45, 2.75) is 19.0 Å². The molecule has 0 aliphatic carbocycles. The van der Waals surface area contributed by atoms with Crippen LogP contribution in [0, 0.1) is 13.8 Å². The molecule has 0 unspecified atom stereocenters. The predicted molar refractivity (Wildman–Crippen MR) is 103 cm³/mol. The van der Waals surface area contributed by atoms with Crippen LogP contribution in [0.5, 0.6) is 5.75 Å². The Balaban J connectivity index is 1.76. The maximum Gasteiger partial charge on any atom is 0.278 e. The number of amides is 1. The first-order chi connectivity index (χ1) is 12.4. The van der Waals surface area contributed by atoms with E-state index < -0.39 is 0 Å². The van der Waals surface area contributed by atoms with Gasteiger partial charge in [0.15, 0.2) is 5.16 Å². The molecule has 3 rings (SSSR count). The quantitative estimate of drug-likeness (QED) is 0.531. The highest BCUT2D eigenvalue weighted by molar-refractivity contribution is 7.99. The molecule has 3 aromatic rings. The Morgan fingerprint density at radius 1 is 1.35 bits per heavy atom. The number of methoxy groups -OCH3 is 1. The largest absolute Gasteiger partial charge is 0.495 e. The summed E-state index contributed by atoms with van der Waals surface area (Å²) in [5, 5.41) is 3.34. The second-order valence-corrected chi connectivity index (χ2v) is 6.95. The van der Waals surface area contributed by atoms with Crippen LogP contribution in [0.4, 0.5) is 5.69 Å². The third-order valence-corrected chi connectivity index (χ3v) is 4.94. The van der Waals surface area contributed by atoms with E-state index in [0.717, 1.165) is 11.3 Å². The van der Waals surface area contributed by atoms with E-state index >= 15 is 0 Å². The summed E-state index contributed by atoms with van der Waals surface area (Å²) in [7, 11) is 3.21. The number of ether oxygens (including phenoxy) is 1. The van der Waals surface area contributed by atoms with Crippen molar-refractivity contribution in [3.8, 4) is 5.75 Å². The standard InChI is InChI=1S/C18H20N4O3S/c1-10-5-6-14(25-4)12(7-10)20-15(23)9-26-18-21-13-8-11(2)19-16(13)17(24)22(18)3/h5-8,19H,9H2,1-4H3,(H,20,23). The van der Waals surface area contributed by atoms with Crippen molar-refractivity contribution in [1.29, 1.82) is 0 Å². The lowest BCUT2D eigenvalue weighted by atomic mass is 10.2. The smallest absolute Gasteiger partial charge is 0.278 e. The van der Waals surface area contributed by atoms with Gasteiger partial charge >= 0.3 is 0 Å². The van der Waals surface area contributed by atoms with Gasteiger partial charge in [-0.1, -0.05) is 17.8 Å². The van der Waals surface area contributed by atoms with Gasteiger partial charge in [-0.2, -0.15) is 0 Å². The Bertz CT molecular complexity index is 1040. The average molecular weight is 372 g/mol. The van der Waals surface area contributed by atoms with Gasteiger partial charge in [0.2, 0.25) is 5.91 Å². The number of nitrogens with zero attached hydrogens (tertiary/aromatic N) is 2. The van der Waals surface area contributed by atoms with Crippen molar-refractivity contribution in [3.05, 3.63) is 45.9 Å². The van der Waals surface area contributed by atoms with Gasteiger partial charge in [0.25, 0.3) is 5.56 Å². The Hall–Kier alpha value is -2.74. The Kier molecular flexibility index (Phi) is 5.03. The molecule has 0 aliphatic heterocycles. The first-order valence-electron chi connectivity index (χ1n) is 8.02. The van der Waals surface area contributed by atoms with E-state index in [0.29, 0.717) is 27.6 Å². The number of rotatable bonds is 5. The maximum absolute atomic E-state index is 12.4. The molecular weight excluding hydrogens is 352 g/mol. The van der Waals surface area contributed by atoms with Crippen molar-refractivity contribution in [2.75, 3.05) is 18.2 Å². The molecule has 8 heteroatoms. The molecule has 1 aromatic carbocycles. The van der Waals surface area contributed by atoms with Gasteiger partial charge in [-0.15, -0.1) is 0 Å². The summed E-state index contributed by atoms with van der Waals surface area (Å²) in [5.41, 5.74) is 3.43. The highest BCUT2D eigenvalue weighted by atomic mass is 32.2. The monoisotopic (exact) mass is 372 g/mol. The van der Waals surface area contributed by atoms with E-state index in [-0.39, 0.29) is 17.2 Å². The van der Waals surface area contributed by atoms with Gasteiger partial charge in [-0.3, -0.25) is 14.2 Å². The summed E-state index contributed by atoms with van der Waals surface area (Å²) >= 11 is 1.22. The number of carbonyl (C=O) groups excluding carboxylic acids is 1. The number of fused-ring (bicyclic) bond motifs is 1. The molecule has 0 spiro atoms. The second kappa shape index (κ2) is 7.25. The summed E-state index contributed by atoms with van der Waals surface area (Å²) in [6.07, 6.45) is 0. The van der Waals surface area contributed by atoms with Crippen molar-refractivity contribution in [1.82, 2.24) is 14.5 Å². The fourth-order valence-electron chi connectivity index (χ4n) is 2.62. The number of benzene rings is 1. The molecule has 0 saturated heterocycles. The minimum absolute atomic E-state index is 0.131. The fraction of sp³-hybridized carbons (Fsp3) is 0.278. The van der Waals surface area contributed by atoms with Crippen molar-refractivity contribution >= 4 is 34.4 Å². The van der Waals surface area contributed by atoms with Gasteiger partial charge in [-0.05, 0) is 37.6 Å². The molecule has 7 nitrogen and oxygen atoms in total. The maximum atomic E-state index is 12.4. The highest BCUT2D eigenvalue weighted by Crippen LogP contribution is 2.26. The van der Waals surface area contributed by atoms with Crippen LogP contribution >= 0.6 is 11.8 Å². The summed E-state index contributed by atoms with van der Waals surface area (Å²) in [4.78, 5) is 32.2. The van der Waals surface area contributed by atoms with Crippen LogP contribution in [0.3, 0.4) is 0 Å². The molecule has 2 aromatic heterocycles. The summed E-state index contributed by atoms with van der Waals surface area (Å²) in [6.45, 7) is 3.81. The number of nitrogens with one attached hydrogen (secondary N) is 2. The van der Waals surface area contributed by atoms with Gasteiger partial charge in [0.05, 0.1) is 24.1 Å². The molecule has 0 bridgehead atoms. The number of thioether (sulfide) groups is 1. The topological polar surface area (TPSA) is 89.0 Å². The minimum Gasteiger partial charge on any atom is -0.495 e. The third-order valence-electron chi connectivity index (χ3n) is 3.91. The van der Waals surface area contributed by atoms with Gasteiger partial charge in [0, 0.05) is 12.7 Å². The van der Waals surface area contributed by atoms with Crippen LogP contribution in [-0.4, -0.2) is 33.3 Å². The van der Waals surface area contributed by atoms with Crippen LogP contribution < -0.4 is 15.6 Å². The van der Waals surface area contributed by atoms with Crippen LogP contribution in [0.2, 0.25) is 0 Å². The van der Waals surface area contributed by atoms with Crippen LogP contribution in [0.15, 0.2) is 34.2 Å². The number of carbonyl (C=O) groups is 1. The molecule has 0 atom stereocenters. The first kappa shape index (κ1) is 18.1. The average Bonchev–Trinajstić information content (AvgIpc) is 2.97. The van der Waals surface area contributed by atoms with Crippen LogP contribution in [0.1, 0.15) is 11.3 Å². The van der Waals surface area contributed by atoms with Crippen LogP contribution in [-0.2, 0) is 11.8 Å². The highest BCUT2D eigenvalue weighted by Gasteiger charge is 2.13. The lowest BCUT2D eigenvalue weighted by Crippen LogP contribution is -2.21. The summed E-state index contributed by atoms with van der Waals surface area (Å²) in [6, 6.07) is 7.39. The molecule has 26 heavy (non-hydrogen) atoms. The number of anilines is 1. The third kappa shape index (κ3) is 3.60. The fourth-order valence-corrected chi connectivity index (χ4v) is 3.40. The van der Waals surface area contributed by atoms with Gasteiger partial charge in [0.1, 0.15) is 11.3 Å². The van der Waals surface area contributed by atoms with Gasteiger partial charge in [-0.25, -0.2) is 4.98 Å². The second-order valence-electron chi connectivity index (χ2n) is 6.01. The van der Waals surface area contributed by atoms with Gasteiger partial charge < -0.3 is 15.0 Å². The number of hydrogen-bond acceptors (Lipinski definition) is 5. The van der Waals surface area contributed by atoms with E-state index in [9.17, 15) is 9.59 Å². The van der Waals surface area contributed by atoms with E-state index in [1.54, 1.807) is 14.2 Å². The molecule has 1 amide bonds. The number of aromatic amines is 1. The number of aromatic nitrogens is 3. The number of H-pyrrole nitrogens is 1. The normalized spacial score (nSPS) is 10.9. The molecule has 2 N–H and O–H groups in total.